The third kappa shape index (κ3) is 3.18. The molecule has 0 atom stereocenters. The van der Waals surface area contributed by atoms with E-state index in [9.17, 15) is 9.90 Å². The van der Waals surface area contributed by atoms with E-state index in [0.717, 1.165) is 5.56 Å². The largest absolute Gasteiger partial charge is 0.504 e. The van der Waals surface area contributed by atoms with Crippen LogP contribution in [0.2, 0.25) is 0 Å². The topological polar surface area (TPSA) is 68.9 Å². The molecular weight excluding hydrogens is 523 g/mol. The van der Waals surface area contributed by atoms with Crippen LogP contribution in [0.3, 0.4) is 0 Å². The van der Waals surface area contributed by atoms with Crippen LogP contribution < -0.4 is 15.1 Å². The van der Waals surface area contributed by atoms with Crippen molar-refractivity contribution in [1.82, 2.24) is 0 Å². The minimum atomic E-state index is -0.528. The molecule has 121 valence electrons. The molecule has 0 aliphatic rings. The number of hydrogen-bond donors (Lipinski definition) is 1. The molecule has 0 aliphatic carbocycles. The summed E-state index contributed by atoms with van der Waals surface area (Å²) in [5.74, 6) is 1.08. The Hall–Kier alpha value is -1.51. The Balaban J connectivity index is 0.00000208. The number of phenolic OH excluding ortho intramolecular Hbond substituents is 1. The summed E-state index contributed by atoms with van der Waals surface area (Å²) in [4.78, 5) is 12.5. The van der Waals surface area contributed by atoms with Crippen molar-refractivity contribution in [3.05, 3.63) is 52.4 Å². The van der Waals surface area contributed by atoms with Gasteiger partial charge in [0.1, 0.15) is 11.5 Å². The van der Waals surface area contributed by atoms with E-state index in [2.05, 4.69) is 0 Å². The second-order valence-corrected chi connectivity index (χ2v) is 5.11. The first-order chi connectivity index (χ1) is 11.1. The molecule has 3 rings (SSSR count). The van der Waals surface area contributed by atoms with Gasteiger partial charge in [-0.05, 0) is 30.7 Å². The predicted octanol–water partition coefficient (Wildman–Crippen LogP) is 3.49. The van der Waals surface area contributed by atoms with Gasteiger partial charge in [-0.1, -0.05) is 12.1 Å². The van der Waals surface area contributed by atoms with Gasteiger partial charge in [-0.25, -0.2) is 4.79 Å². The van der Waals surface area contributed by atoms with Gasteiger partial charge in [0.15, 0.2) is 11.3 Å². The smallest absolute Gasteiger partial charge is 0.344 e. The summed E-state index contributed by atoms with van der Waals surface area (Å²) in [6.07, 6.45) is 0. The van der Waals surface area contributed by atoms with Gasteiger partial charge >= 0.3 is 5.63 Å². The van der Waals surface area contributed by atoms with E-state index < -0.39 is 5.63 Å². The van der Waals surface area contributed by atoms with Crippen LogP contribution in [-0.4, -0.2) is 19.3 Å². The molecular formula is C18H16AcO5. The number of rotatable bonds is 3. The quantitative estimate of drug-likeness (QED) is 0.517. The maximum atomic E-state index is 12.5. The van der Waals surface area contributed by atoms with Crippen molar-refractivity contribution in [3.63, 3.8) is 0 Å². The molecule has 0 bridgehead atoms. The summed E-state index contributed by atoms with van der Waals surface area (Å²) in [5, 5.41) is 10.6. The molecule has 0 amide bonds. The molecule has 0 saturated heterocycles. The molecule has 24 heavy (non-hydrogen) atoms. The summed E-state index contributed by atoms with van der Waals surface area (Å²) in [7, 11) is 3.09. The van der Waals surface area contributed by atoms with Crippen LogP contribution in [0.4, 0.5) is 0 Å². The number of hydrogen-bond acceptors (Lipinski definition) is 5. The number of fused-ring (bicyclic) bond motifs is 1. The third-order valence-corrected chi connectivity index (χ3v) is 3.85. The number of para-hydroxylation sites is 1. The summed E-state index contributed by atoms with van der Waals surface area (Å²) in [6, 6.07) is 10.2. The SMILES string of the molecule is COc1ccc(-c2c(C)c3cccc(O)c3oc2=O)c(OC)c1.[Ac]. The summed E-state index contributed by atoms with van der Waals surface area (Å²) in [6.45, 7) is 1.82. The Morgan fingerprint density at radius 3 is 2.50 bits per heavy atom. The van der Waals surface area contributed by atoms with E-state index in [1.54, 1.807) is 37.4 Å². The maximum Gasteiger partial charge on any atom is 0.344 e. The fourth-order valence-electron chi connectivity index (χ4n) is 2.68. The monoisotopic (exact) mass is 539 g/mol. The van der Waals surface area contributed by atoms with Crippen molar-refractivity contribution in [3.8, 4) is 28.4 Å². The Morgan fingerprint density at radius 2 is 1.83 bits per heavy atom. The van der Waals surface area contributed by atoms with Crippen molar-refractivity contribution < 1.29 is 63.1 Å². The molecule has 2 aromatic carbocycles. The van der Waals surface area contributed by atoms with Gasteiger partial charge in [-0.2, -0.15) is 0 Å². The Kier molecular flexibility index (Phi) is 5.95. The Bertz CT molecular complexity index is 946. The van der Waals surface area contributed by atoms with E-state index in [0.29, 0.717) is 28.0 Å². The van der Waals surface area contributed by atoms with Crippen LogP contribution >= 0.6 is 0 Å². The molecule has 0 fully saturated rings. The zero-order valence-corrected chi connectivity index (χ0v) is 18.4. The standard InChI is InChI=1S/C18H16O5.Ac/c1-10-12-5-4-6-14(19)17(12)23-18(20)16(10)13-8-7-11(21-2)9-15(13)22-3;/h4-9,19H,1-3H3;. The molecule has 6 heteroatoms. The summed E-state index contributed by atoms with van der Waals surface area (Å²) < 4.78 is 15.9. The molecule has 0 unspecified atom stereocenters. The zero-order chi connectivity index (χ0) is 16.6. The van der Waals surface area contributed by atoms with Crippen molar-refractivity contribution in [1.29, 1.82) is 0 Å². The summed E-state index contributed by atoms with van der Waals surface area (Å²) in [5.41, 5.74) is 1.40. The summed E-state index contributed by atoms with van der Waals surface area (Å²) >= 11 is 0. The van der Waals surface area contributed by atoms with E-state index in [4.69, 9.17) is 13.9 Å². The normalized spacial score (nSPS) is 10.3. The molecule has 1 aromatic heterocycles. The van der Waals surface area contributed by atoms with Crippen LogP contribution in [0.5, 0.6) is 17.2 Å². The van der Waals surface area contributed by atoms with E-state index in [1.807, 2.05) is 6.92 Å². The molecule has 3 aromatic rings. The van der Waals surface area contributed by atoms with Crippen molar-refractivity contribution in [2.75, 3.05) is 14.2 Å². The van der Waals surface area contributed by atoms with Gasteiger partial charge in [0.2, 0.25) is 0 Å². The van der Waals surface area contributed by atoms with Gasteiger partial charge < -0.3 is 19.0 Å². The van der Waals surface area contributed by atoms with Gasteiger partial charge in [0.05, 0.1) is 19.8 Å². The Labute approximate surface area is 174 Å². The second-order valence-electron chi connectivity index (χ2n) is 5.11. The minimum absolute atomic E-state index is 0. The van der Waals surface area contributed by atoms with Crippen molar-refractivity contribution in [2.45, 2.75) is 6.92 Å². The maximum absolute atomic E-state index is 12.5. The van der Waals surface area contributed by atoms with Crippen molar-refractivity contribution in [2.24, 2.45) is 0 Å². The molecule has 0 aliphatic heterocycles. The number of methoxy groups -OCH3 is 2. The first-order valence-corrected chi connectivity index (χ1v) is 7.04. The van der Waals surface area contributed by atoms with Gasteiger partial charge in [0.25, 0.3) is 0 Å². The molecule has 1 radical (unpaired) electrons. The number of ether oxygens (including phenoxy) is 2. The molecule has 1 N–H and O–H groups in total. The molecule has 0 spiro atoms. The number of aryl methyl sites for hydroxylation is 1. The van der Waals surface area contributed by atoms with Crippen LogP contribution in [-0.2, 0) is 0 Å². The van der Waals surface area contributed by atoms with Gasteiger partial charge in [-0.3, -0.25) is 0 Å². The minimum Gasteiger partial charge on any atom is -0.504 e. The Morgan fingerprint density at radius 1 is 1.08 bits per heavy atom. The van der Waals surface area contributed by atoms with Crippen LogP contribution in [0.1, 0.15) is 5.56 Å². The second kappa shape index (κ2) is 7.59. The third-order valence-electron chi connectivity index (χ3n) is 3.85. The zero-order valence-electron chi connectivity index (χ0n) is 13.6. The van der Waals surface area contributed by atoms with Gasteiger partial charge in [0, 0.05) is 61.1 Å². The first-order valence-electron chi connectivity index (χ1n) is 7.04. The molecule has 5 nitrogen and oxygen atoms in total. The number of aromatic hydroxyl groups is 1. The van der Waals surface area contributed by atoms with Gasteiger partial charge in [-0.15, -0.1) is 0 Å². The average molecular weight is 539 g/mol. The van der Waals surface area contributed by atoms with Crippen molar-refractivity contribution >= 4 is 11.0 Å². The predicted molar refractivity (Wildman–Crippen MR) is 87.4 cm³/mol. The number of phenols is 1. The van der Waals surface area contributed by atoms with E-state index in [1.165, 1.54) is 13.2 Å². The van der Waals surface area contributed by atoms with E-state index in [-0.39, 0.29) is 55.4 Å². The fraction of sp³-hybridized carbons (Fsp3) is 0.167. The molecule has 0 saturated carbocycles. The molecule has 1 heterocycles. The van der Waals surface area contributed by atoms with Crippen LogP contribution in [0.25, 0.3) is 22.1 Å². The first kappa shape index (κ1) is 18.8. The van der Waals surface area contributed by atoms with Crippen LogP contribution in [0, 0.1) is 51.0 Å². The fourth-order valence-corrected chi connectivity index (χ4v) is 2.68. The van der Waals surface area contributed by atoms with Crippen LogP contribution in [0.15, 0.2) is 45.6 Å². The average Bonchev–Trinajstić information content (AvgIpc) is 2.56. The van der Waals surface area contributed by atoms with E-state index >= 15 is 0 Å². The number of benzene rings is 2.